The normalized spacial score (nSPS) is 13.4. The molecule has 0 atom stereocenters. The van der Waals surface area contributed by atoms with Gasteiger partial charge in [-0.05, 0) is 18.8 Å². The van der Waals surface area contributed by atoms with Crippen LogP contribution in [0.15, 0.2) is 60.7 Å². The van der Waals surface area contributed by atoms with Crippen LogP contribution < -0.4 is 47.6 Å². The van der Waals surface area contributed by atoms with E-state index in [1.807, 2.05) is 0 Å². The number of rotatable bonds is 5. The maximum Gasteiger partial charge on any atom is 4.00 e. The molecule has 0 saturated heterocycles. The van der Waals surface area contributed by atoms with Crippen LogP contribution in [0, 0.1) is 20.8 Å². The Morgan fingerprint density at radius 1 is 0.719 bits per heavy atom. The molecule has 0 radical (unpaired) electrons. The van der Waals surface area contributed by atoms with Gasteiger partial charge in [-0.3, -0.25) is 0 Å². The van der Waals surface area contributed by atoms with Crippen molar-refractivity contribution in [1.82, 2.24) is 0 Å². The summed E-state index contributed by atoms with van der Waals surface area (Å²) in [6.07, 6.45) is 7.02. The number of hydrogen-bond donors (Lipinski definition) is 0. The van der Waals surface area contributed by atoms with Crippen molar-refractivity contribution >= 4 is 19.2 Å². The summed E-state index contributed by atoms with van der Waals surface area (Å²) in [4.78, 5) is 0. The Kier molecular flexibility index (Phi) is 14.6. The SMILES string of the molecule is Cc1c(C)c(C2CCCCC2)[c-](C[SiH](c2ccccc2)c2ccccc2)c1C.[Cl-].[Cl-].[Cl-].[Ti+4]. The fraction of sp³-hybridized carbons (Fsp3) is 0.370. The molecule has 0 amide bonds. The van der Waals surface area contributed by atoms with Gasteiger partial charge in [-0.25, -0.2) is 0 Å². The molecule has 1 aliphatic carbocycles. The van der Waals surface area contributed by atoms with Crippen molar-refractivity contribution in [2.75, 3.05) is 0 Å². The van der Waals surface area contributed by atoms with Gasteiger partial charge in [0.15, 0.2) is 0 Å². The summed E-state index contributed by atoms with van der Waals surface area (Å²) in [5.41, 5.74) is 8.14. The predicted octanol–water partition coefficient (Wildman–Crippen LogP) is -3.49. The van der Waals surface area contributed by atoms with E-state index >= 15 is 0 Å². The third-order valence-corrected chi connectivity index (χ3v) is 10.3. The molecule has 32 heavy (non-hydrogen) atoms. The molecule has 0 N–H and O–H groups in total. The summed E-state index contributed by atoms with van der Waals surface area (Å²) in [6.45, 7) is 7.12. The fourth-order valence-corrected chi connectivity index (χ4v) is 8.51. The van der Waals surface area contributed by atoms with Gasteiger partial charge in [0.05, 0.1) is 8.80 Å². The Morgan fingerprint density at radius 2 is 1.19 bits per heavy atom. The van der Waals surface area contributed by atoms with Crippen LogP contribution in [0.25, 0.3) is 0 Å². The Balaban J connectivity index is 0.00000240. The molecule has 0 spiro atoms. The third-order valence-electron chi connectivity index (χ3n) is 7.13. The standard InChI is InChI=1S/C27H33Si.3ClH.Ti/c1-20-21(2)26(27(22(20)3)23-13-7-4-8-14-23)19-28(24-15-9-5-10-16-24)25-17-11-6-12-18-25;;;;/h5-6,9-12,15-18,23,28H,4,7-8,13-14,19H2,1-3H3;3*1H;/q-1;;;;+4/p-3. The van der Waals surface area contributed by atoms with Crippen molar-refractivity contribution in [3.8, 4) is 0 Å². The van der Waals surface area contributed by atoms with Gasteiger partial charge in [0.25, 0.3) is 0 Å². The summed E-state index contributed by atoms with van der Waals surface area (Å²) in [7, 11) is -1.29. The van der Waals surface area contributed by atoms with Gasteiger partial charge in [-0.1, -0.05) is 117 Å². The molecule has 1 aliphatic rings. The van der Waals surface area contributed by atoms with Crippen LogP contribution in [0.3, 0.4) is 0 Å². The van der Waals surface area contributed by atoms with Gasteiger partial charge in [-0.2, -0.15) is 27.8 Å². The minimum absolute atomic E-state index is 0. The van der Waals surface area contributed by atoms with Crippen molar-refractivity contribution in [2.45, 2.75) is 64.8 Å². The second-order valence-corrected chi connectivity index (χ2v) is 11.5. The van der Waals surface area contributed by atoms with E-state index in [1.165, 1.54) is 38.1 Å². The maximum absolute atomic E-state index is 2.39. The molecular weight excluding hydrogens is 507 g/mol. The Bertz CT molecular complexity index is 880. The maximum atomic E-state index is 2.39. The Hall–Kier alpha value is -0.409. The van der Waals surface area contributed by atoms with Crippen LogP contribution in [0.5, 0.6) is 0 Å². The Morgan fingerprint density at radius 3 is 1.66 bits per heavy atom. The van der Waals surface area contributed by atoms with Crippen LogP contribution in [0.2, 0.25) is 0 Å². The molecule has 1 fully saturated rings. The van der Waals surface area contributed by atoms with E-state index < -0.39 is 8.80 Å². The molecule has 0 aromatic heterocycles. The minimum Gasteiger partial charge on any atom is -1.00 e. The van der Waals surface area contributed by atoms with Crippen molar-refractivity contribution in [1.29, 1.82) is 0 Å². The number of hydrogen-bond acceptors (Lipinski definition) is 0. The van der Waals surface area contributed by atoms with Crippen molar-refractivity contribution in [3.05, 3.63) is 88.5 Å². The van der Waals surface area contributed by atoms with Crippen molar-refractivity contribution in [2.24, 2.45) is 0 Å². The molecule has 0 nitrogen and oxygen atoms in total. The summed E-state index contributed by atoms with van der Waals surface area (Å²) in [5, 5.41) is 3.14. The zero-order valence-electron chi connectivity index (χ0n) is 19.3. The molecule has 0 aliphatic heterocycles. The van der Waals surface area contributed by atoms with E-state index in [1.54, 1.807) is 38.2 Å². The second-order valence-electron chi connectivity index (χ2n) is 8.68. The first-order chi connectivity index (χ1) is 13.7. The van der Waals surface area contributed by atoms with Gasteiger partial charge in [0, 0.05) is 0 Å². The van der Waals surface area contributed by atoms with Crippen LogP contribution in [-0.4, -0.2) is 8.80 Å². The van der Waals surface area contributed by atoms with E-state index in [0.717, 1.165) is 5.92 Å². The molecule has 3 aromatic rings. The van der Waals surface area contributed by atoms with E-state index in [-0.39, 0.29) is 58.9 Å². The van der Waals surface area contributed by atoms with Crippen LogP contribution >= 0.6 is 0 Å². The van der Waals surface area contributed by atoms with Gasteiger partial charge in [0.2, 0.25) is 0 Å². The van der Waals surface area contributed by atoms with Gasteiger partial charge >= 0.3 is 21.7 Å². The first-order valence-electron chi connectivity index (χ1n) is 11.0. The molecule has 0 unspecified atom stereocenters. The molecule has 0 bridgehead atoms. The third kappa shape index (κ3) is 6.81. The second kappa shape index (κ2) is 14.8. The van der Waals surface area contributed by atoms with Gasteiger partial charge < -0.3 is 37.2 Å². The average Bonchev–Trinajstić information content (AvgIpc) is 2.97. The summed E-state index contributed by atoms with van der Waals surface area (Å²) in [6, 6.07) is 23.9. The zero-order valence-corrected chi connectivity index (χ0v) is 24.3. The van der Waals surface area contributed by atoms with Gasteiger partial charge in [0.1, 0.15) is 0 Å². The molecule has 3 aromatic carbocycles. The number of halogens is 3. The first-order valence-corrected chi connectivity index (χ1v) is 13.0. The predicted molar refractivity (Wildman–Crippen MR) is 125 cm³/mol. The zero-order chi connectivity index (χ0) is 19.5. The molecule has 4 rings (SSSR count). The molecular formula is C27H33Cl3SiTi. The van der Waals surface area contributed by atoms with Gasteiger partial charge in [-0.15, -0.1) is 0 Å². The fourth-order valence-electron chi connectivity index (χ4n) is 5.35. The topological polar surface area (TPSA) is 0 Å². The molecule has 170 valence electrons. The Labute approximate surface area is 230 Å². The first kappa shape index (κ1) is 31.6. The quantitative estimate of drug-likeness (QED) is 0.233. The smallest absolute Gasteiger partial charge is 1.00 e. The molecule has 5 heteroatoms. The van der Waals surface area contributed by atoms with E-state index in [9.17, 15) is 0 Å². The summed E-state index contributed by atoms with van der Waals surface area (Å²) in [5.74, 6) is 0.789. The van der Waals surface area contributed by atoms with Crippen LogP contribution in [-0.2, 0) is 27.8 Å². The van der Waals surface area contributed by atoms with E-state index in [0.29, 0.717) is 0 Å². The van der Waals surface area contributed by atoms with Crippen LogP contribution in [0.4, 0.5) is 0 Å². The van der Waals surface area contributed by atoms with E-state index in [4.69, 9.17) is 0 Å². The summed E-state index contributed by atoms with van der Waals surface area (Å²) < 4.78 is 0. The molecule has 0 heterocycles. The summed E-state index contributed by atoms with van der Waals surface area (Å²) >= 11 is 0. The van der Waals surface area contributed by atoms with Crippen molar-refractivity contribution in [3.63, 3.8) is 0 Å². The van der Waals surface area contributed by atoms with Crippen LogP contribution in [0.1, 0.15) is 65.8 Å². The van der Waals surface area contributed by atoms with Crippen molar-refractivity contribution < 1.29 is 58.9 Å². The monoisotopic (exact) mass is 538 g/mol. The number of benzene rings is 2. The average molecular weight is 540 g/mol. The van der Waals surface area contributed by atoms with E-state index in [2.05, 4.69) is 81.4 Å². The molecule has 1 saturated carbocycles. The largest absolute Gasteiger partial charge is 4.00 e. The minimum atomic E-state index is -1.29.